The Morgan fingerprint density at radius 3 is 2.76 bits per heavy atom. The summed E-state index contributed by atoms with van der Waals surface area (Å²) in [6.45, 7) is 1.74. The number of carbonyl (C=O) groups is 1. The summed E-state index contributed by atoms with van der Waals surface area (Å²) < 4.78 is 10.6. The van der Waals surface area contributed by atoms with E-state index in [-0.39, 0.29) is 18.6 Å². The third-order valence-electron chi connectivity index (χ3n) is 4.19. The maximum atomic E-state index is 12.2. The largest absolute Gasteiger partial charge is 0.497 e. The predicted octanol–water partition coefficient (Wildman–Crippen LogP) is 2.25. The highest BCUT2D eigenvalue weighted by Gasteiger charge is 2.22. The smallest absolute Gasteiger partial charge is 0.258 e. The van der Waals surface area contributed by atoms with Crippen molar-refractivity contribution in [2.45, 2.75) is 18.9 Å². The Balaban J connectivity index is 1.47. The second-order valence-corrected chi connectivity index (χ2v) is 6.00. The molecule has 1 aromatic carbocycles. The van der Waals surface area contributed by atoms with E-state index >= 15 is 0 Å². The van der Waals surface area contributed by atoms with E-state index in [0.29, 0.717) is 5.75 Å². The Morgan fingerprint density at radius 2 is 2.04 bits per heavy atom. The number of methoxy groups -OCH3 is 1. The number of pyridine rings is 1. The lowest BCUT2D eigenvalue weighted by Crippen LogP contribution is -2.49. The van der Waals surface area contributed by atoms with Gasteiger partial charge in [0.15, 0.2) is 6.61 Å². The number of anilines is 1. The van der Waals surface area contributed by atoms with Crippen LogP contribution in [0.5, 0.6) is 11.5 Å². The van der Waals surface area contributed by atoms with Crippen LogP contribution in [0, 0.1) is 0 Å². The average Bonchev–Trinajstić information content (AvgIpc) is 2.68. The Labute approximate surface area is 147 Å². The van der Waals surface area contributed by atoms with Crippen molar-refractivity contribution in [3.05, 3.63) is 48.7 Å². The highest BCUT2D eigenvalue weighted by Crippen LogP contribution is 2.18. The van der Waals surface area contributed by atoms with Crippen LogP contribution in [0.3, 0.4) is 0 Å². The molecule has 3 rings (SSSR count). The molecule has 1 N–H and O–H groups in total. The number of nitrogens with zero attached hydrogens (tertiary/aromatic N) is 2. The lowest BCUT2D eigenvalue weighted by atomic mass is 10.1. The zero-order chi connectivity index (χ0) is 17.5. The van der Waals surface area contributed by atoms with Crippen molar-refractivity contribution in [3.63, 3.8) is 0 Å². The lowest BCUT2D eigenvalue weighted by molar-refractivity contribution is -0.123. The fourth-order valence-electron chi connectivity index (χ4n) is 2.93. The molecule has 2 heterocycles. The van der Waals surface area contributed by atoms with Crippen LogP contribution in [0.1, 0.15) is 12.8 Å². The van der Waals surface area contributed by atoms with Gasteiger partial charge in [0.1, 0.15) is 17.3 Å². The van der Waals surface area contributed by atoms with Gasteiger partial charge in [-0.15, -0.1) is 0 Å². The number of aromatic nitrogens is 1. The van der Waals surface area contributed by atoms with Crippen molar-refractivity contribution in [3.8, 4) is 11.5 Å². The van der Waals surface area contributed by atoms with Crippen molar-refractivity contribution >= 4 is 11.7 Å². The third kappa shape index (κ3) is 4.86. The molecule has 1 aliphatic heterocycles. The van der Waals surface area contributed by atoms with Crippen LogP contribution in [0.2, 0.25) is 0 Å². The summed E-state index contributed by atoms with van der Waals surface area (Å²) in [5.74, 6) is 2.25. The van der Waals surface area contributed by atoms with E-state index in [4.69, 9.17) is 9.47 Å². The van der Waals surface area contributed by atoms with Gasteiger partial charge in [-0.2, -0.15) is 0 Å². The van der Waals surface area contributed by atoms with Gasteiger partial charge < -0.3 is 19.7 Å². The van der Waals surface area contributed by atoms with Gasteiger partial charge in [-0.1, -0.05) is 6.07 Å². The molecule has 1 saturated heterocycles. The van der Waals surface area contributed by atoms with Crippen molar-refractivity contribution in [1.82, 2.24) is 10.3 Å². The fourth-order valence-corrected chi connectivity index (χ4v) is 2.93. The van der Waals surface area contributed by atoms with Crippen molar-refractivity contribution in [2.75, 3.05) is 31.7 Å². The highest BCUT2D eigenvalue weighted by molar-refractivity contribution is 5.78. The first-order valence-corrected chi connectivity index (χ1v) is 8.47. The second kappa shape index (κ2) is 8.37. The summed E-state index contributed by atoms with van der Waals surface area (Å²) in [5.41, 5.74) is 0. The van der Waals surface area contributed by atoms with Gasteiger partial charge in [0.2, 0.25) is 0 Å². The minimum Gasteiger partial charge on any atom is -0.497 e. The minimum absolute atomic E-state index is 0.00636. The molecule has 6 heteroatoms. The molecule has 1 fully saturated rings. The summed E-state index contributed by atoms with van der Waals surface area (Å²) in [6.07, 6.45) is 3.79. The molecular formula is C19H23N3O3. The van der Waals surface area contributed by atoms with E-state index in [2.05, 4.69) is 15.2 Å². The zero-order valence-electron chi connectivity index (χ0n) is 14.4. The quantitative estimate of drug-likeness (QED) is 0.873. The highest BCUT2D eigenvalue weighted by atomic mass is 16.5. The number of rotatable bonds is 6. The van der Waals surface area contributed by atoms with Crippen molar-refractivity contribution in [1.29, 1.82) is 0 Å². The first kappa shape index (κ1) is 17.1. The number of hydrogen-bond acceptors (Lipinski definition) is 5. The Hall–Kier alpha value is -2.76. The van der Waals surface area contributed by atoms with E-state index < -0.39 is 0 Å². The zero-order valence-corrected chi connectivity index (χ0v) is 14.4. The van der Waals surface area contributed by atoms with Crippen LogP contribution < -0.4 is 19.7 Å². The minimum atomic E-state index is -0.108. The van der Waals surface area contributed by atoms with E-state index in [9.17, 15) is 4.79 Å². The number of hydrogen-bond donors (Lipinski definition) is 1. The predicted molar refractivity (Wildman–Crippen MR) is 96.1 cm³/mol. The van der Waals surface area contributed by atoms with Gasteiger partial charge in [0.05, 0.1) is 7.11 Å². The van der Waals surface area contributed by atoms with Gasteiger partial charge in [-0.3, -0.25) is 4.79 Å². The number of benzene rings is 1. The van der Waals surface area contributed by atoms with Gasteiger partial charge in [-0.05, 0) is 49.2 Å². The molecule has 1 atom stereocenters. The summed E-state index contributed by atoms with van der Waals surface area (Å²) in [7, 11) is 1.61. The normalized spacial score (nSPS) is 17.0. The lowest BCUT2D eigenvalue weighted by Gasteiger charge is -2.33. The maximum Gasteiger partial charge on any atom is 0.258 e. The van der Waals surface area contributed by atoms with Crippen molar-refractivity contribution < 1.29 is 14.3 Å². The molecule has 25 heavy (non-hydrogen) atoms. The molecule has 1 aromatic heterocycles. The molecule has 0 spiro atoms. The number of carbonyl (C=O) groups excluding carboxylic acids is 1. The van der Waals surface area contributed by atoms with E-state index in [1.165, 1.54) is 0 Å². The molecule has 0 bridgehead atoms. The summed E-state index contributed by atoms with van der Waals surface area (Å²) in [5, 5.41) is 3.05. The Kier molecular flexibility index (Phi) is 5.72. The van der Waals surface area contributed by atoms with Gasteiger partial charge in [0, 0.05) is 25.3 Å². The van der Waals surface area contributed by atoms with Crippen molar-refractivity contribution in [2.24, 2.45) is 0 Å². The maximum absolute atomic E-state index is 12.2. The van der Waals surface area contributed by atoms with E-state index in [0.717, 1.165) is 37.5 Å². The monoisotopic (exact) mass is 341 g/mol. The standard InChI is InChI=1S/C19H23N3O3/c1-24-16-7-9-17(10-8-16)25-14-19(23)21-15-5-4-12-22(13-15)18-6-2-3-11-20-18/h2-3,6-11,15H,4-5,12-14H2,1H3,(H,21,23)/t15-/m0/s1. The number of nitrogens with one attached hydrogen (secondary N) is 1. The molecule has 1 aliphatic rings. The topological polar surface area (TPSA) is 63.7 Å². The number of ether oxygens (including phenoxy) is 2. The summed E-state index contributed by atoms with van der Waals surface area (Å²) in [6, 6.07) is 13.2. The third-order valence-corrected chi connectivity index (χ3v) is 4.19. The summed E-state index contributed by atoms with van der Waals surface area (Å²) >= 11 is 0. The van der Waals surface area contributed by atoms with Gasteiger partial charge >= 0.3 is 0 Å². The SMILES string of the molecule is COc1ccc(OCC(=O)N[C@H]2CCCN(c3ccccn3)C2)cc1. The van der Waals surface area contributed by atoms with Crippen LogP contribution in [-0.4, -0.2) is 43.7 Å². The van der Waals surface area contributed by atoms with E-state index in [1.807, 2.05) is 18.2 Å². The molecule has 132 valence electrons. The Morgan fingerprint density at radius 1 is 1.24 bits per heavy atom. The average molecular weight is 341 g/mol. The molecule has 2 aromatic rings. The summed E-state index contributed by atoms with van der Waals surface area (Å²) in [4.78, 5) is 18.7. The molecule has 6 nitrogen and oxygen atoms in total. The Bertz CT molecular complexity index is 676. The van der Waals surface area contributed by atoms with E-state index in [1.54, 1.807) is 37.6 Å². The van der Waals surface area contributed by atoms with Crippen LogP contribution in [0.15, 0.2) is 48.7 Å². The molecule has 0 saturated carbocycles. The fraction of sp³-hybridized carbons (Fsp3) is 0.368. The number of piperidine rings is 1. The van der Waals surface area contributed by atoms with Gasteiger partial charge in [-0.25, -0.2) is 4.98 Å². The molecular weight excluding hydrogens is 318 g/mol. The first-order chi connectivity index (χ1) is 12.2. The second-order valence-electron chi connectivity index (χ2n) is 6.00. The number of amides is 1. The van der Waals surface area contributed by atoms with Gasteiger partial charge in [0.25, 0.3) is 5.91 Å². The first-order valence-electron chi connectivity index (χ1n) is 8.47. The van der Waals surface area contributed by atoms with Crippen LogP contribution in [0.25, 0.3) is 0 Å². The van der Waals surface area contributed by atoms with Crippen LogP contribution in [-0.2, 0) is 4.79 Å². The van der Waals surface area contributed by atoms with Crippen LogP contribution >= 0.6 is 0 Å². The molecule has 0 unspecified atom stereocenters. The molecule has 0 aliphatic carbocycles. The van der Waals surface area contributed by atoms with Crippen LogP contribution in [0.4, 0.5) is 5.82 Å². The molecule has 1 amide bonds. The molecule has 0 radical (unpaired) electrons.